The van der Waals surface area contributed by atoms with E-state index in [9.17, 15) is 4.79 Å². The highest BCUT2D eigenvalue weighted by molar-refractivity contribution is 6.02. The summed E-state index contributed by atoms with van der Waals surface area (Å²) in [6.45, 7) is 3.08. The lowest BCUT2D eigenvalue weighted by atomic mass is 10.3. The highest BCUT2D eigenvalue weighted by atomic mass is 16.1. The first kappa shape index (κ1) is 15.0. The Kier molecular flexibility index (Phi) is 5.26. The summed E-state index contributed by atoms with van der Waals surface area (Å²) in [4.78, 5) is 14.1. The second kappa shape index (κ2) is 7.38. The van der Waals surface area contributed by atoms with Crippen LogP contribution < -0.4 is 10.2 Å². The molecule has 1 N–H and O–H groups in total. The van der Waals surface area contributed by atoms with Gasteiger partial charge in [-0.1, -0.05) is 31.5 Å². The minimum absolute atomic E-state index is 0.253. The van der Waals surface area contributed by atoms with Crippen LogP contribution >= 0.6 is 0 Å². The highest BCUT2D eigenvalue weighted by Crippen LogP contribution is 2.10. The largest absolute Gasteiger partial charge is 0.358 e. The monoisotopic (exact) mass is 284 g/mol. The molecule has 0 bridgehead atoms. The number of hydrogen-bond acceptors (Lipinski definition) is 4. The third-order valence-corrected chi connectivity index (χ3v) is 3.15. The van der Waals surface area contributed by atoms with Gasteiger partial charge in [0.15, 0.2) is 11.5 Å². The zero-order valence-corrected chi connectivity index (χ0v) is 12.4. The van der Waals surface area contributed by atoms with E-state index in [1.165, 1.54) is 0 Å². The van der Waals surface area contributed by atoms with Crippen LogP contribution in [0.2, 0.25) is 0 Å². The van der Waals surface area contributed by atoms with Crippen LogP contribution in [-0.4, -0.2) is 29.7 Å². The van der Waals surface area contributed by atoms with Gasteiger partial charge in [0, 0.05) is 19.3 Å². The van der Waals surface area contributed by atoms with E-state index in [0.717, 1.165) is 30.9 Å². The topological polar surface area (TPSA) is 58.1 Å². The van der Waals surface area contributed by atoms with Crippen LogP contribution in [0.25, 0.3) is 0 Å². The van der Waals surface area contributed by atoms with Gasteiger partial charge in [0.1, 0.15) is 0 Å². The molecule has 110 valence electrons. The Morgan fingerprint density at radius 2 is 1.90 bits per heavy atom. The van der Waals surface area contributed by atoms with Crippen molar-refractivity contribution in [3.63, 3.8) is 0 Å². The van der Waals surface area contributed by atoms with Gasteiger partial charge in [-0.2, -0.15) is 0 Å². The van der Waals surface area contributed by atoms with Gasteiger partial charge in [-0.15, -0.1) is 10.2 Å². The Bertz CT molecular complexity index is 569. The third-order valence-electron chi connectivity index (χ3n) is 3.15. The normalized spacial score (nSPS) is 10.2. The fourth-order valence-corrected chi connectivity index (χ4v) is 1.88. The minimum Gasteiger partial charge on any atom is -0.358 e. The van der Waals surface area contributed by atoms with Crippen LogP contribution in [0.4, 0.5) is 11.5 Å². The molecule has 0 atom stereocenters. The van der Waals surface area contributed by atoms with Crippen molar-refractivity contribution in [3.8, 4) is 0 Å². The van der Waals surface area contributed by atoms with Gasteiger partial charge in [-0.3, -0.25) is 4.79 Å². The molecular formula is C16H20N4O. The molecule has 1 amide bonds. The van der Waals surface area contributed by atoms with Gasteiger partial charge in [0.2, 0.25) is 0 Å². The molecule has 1 heterocycles. The molecule has 0 fully saturated rings. The molecule has 0 aliphatic carbocycles. The van der Waals surface area contributed by atoms with E-state index >= 15 is 0 Å². The van der Waals surface area contributed by atoms with Gasteiger partial charge in [0.05, 0.1) is 0 Å². The zero-order chi connectivity index (χ0) is 15.1. The predicted octanol–water partition coefficient (Wildman–Crippen LogP) is 2.97. The third kappa shape index (κ3) is 4.27. The van der Waals surface area contributed by atoms with Gasteiger partial charge >= 0.3 is 0 Å². The standard InChI is InChI=1S/C16H20N4O/c1-3-4-12-20(2)15-11-10-14(18-19-15)16(21)17-13-8-6-5-7-9-13/h5-11H,3-4,12H2,1-2H3,(H,17,21). The fourth-order valence-electron chi connectivity index (χ4n) is 1.88. The van der Waals surface area contributed by atoms with Crippen LogP contribution in [0.1, 0.15) is 30.3 Å². The summed E-state index contributed by atoms with van der Waals surface area (Å²) in [6.07, 6.45) is 2.24. The van der Waals surface area contributed by atoms with Crippen molar-refractivity contribution >= 4 is 17.4 Å². The molecule has 0 aliphatic heterocycles. The van der Waals surface area contributed by atoms with Crippen molar-refractivity contribution < 1.29 is 4.79 Å². The lowest BCUT2D eigenvalue weighted by molar-refractivity contribution is 0.102. The first-order chi connectivity index (χ1) is 10.2. The predicted molar refractivity (Wildman–Crippen MR) is 84.6 cm³/mol. The number of hydrogen-bond donors (Lipinski definition) is 1. The Morgan fingerprint density at radius 1 is 1.14 bits per heavy atom. The van der Waals surface area contributed by atoms with E-state index in [1.54, 1.807) is 6.07 Å². The number of anilines is 2. The van der Waals surface area contributed by atoms with Crippen molar-refractivity contribution in [1.29, 1.82) is 0 Å². The van der Waals surface area contributed by atoms with E-state index in [0.29, 0.717) is 5.69 Å². The first-order valence-corrected chi connectivity index (χ1v) is 7.12. The molecule has 5 nitrogen and oxygen atoms in total. The van der Waals surface area contributed by atoms with E-state index in [-0.39, 0.29) is 5.91 Å². The Hall–Kier alpha value is -2.43. The smallest absolute Gasteiger partial charge is 0.276 e. The summed E-state index contributed by atoms with van der Waals surface area (Å²) in [6, 6.07) is 12.8. The highest BCUT2D eigenvalue weighted by Gasteiger charge is 2.09. The maximum Gasteiger partial charge on any atom is 0.276 e. The lowest BCUT2D eigenvalue weighted by Crippen LogP contribution is -2.21. The maximum absolute atomic E-state index is 12.0. The average molecular weight is 284 g/mol. The van der Waals surface area contributed by atoms with E-state index in [4.69, 9.17) is 0 Å². The molecule has 0 unspecified atom stereocenters. The van der Waals surface area contributed by atoms with Gasteiger partial charge < -0.3 is 10.2 Å². The van der Waals surface area contributed by atoms with E-state index in [1.807, 2.05) is 48.3 Å². The number of nitrogens with zero attached hydrogens (tertiary/aromatic N) is 3. The molecule has 0 aliphatic rings. The number of rotatable bonds is 6. The number of carbonyl (C=O) groups excluding carboxylic acids is 1. The van der Waals surface area contributed by atoms with Crippen LogP contribution in [0.3, 0.4) is 0 Å². The number of aromatic nitrogens is 2. The van der Waals surface area contributed by atoms with Crippen LogP contribution in [0.15, 0.2) is 42.5 Å². The number of unbranched alkanes of at least 4 members (excludes halogenated alkanes) is 1. The number of amides is 1. The lowest BCUT2D eigenvalue weighted by Gasteiger charge is -2.16. The van der Waals surface area contributed by atoms with Crippen molar-refractivity contribution in [2.75, 3.05) is 23.8 Å². The molecule has 2 aromatic rings. The molecule has 5 heteroatoms. The molecule has 21 heavy (non-hydrogen) atoms. The number of carbonyl (C=O) groups is 1. The summed E-state index contributed by atoms with van der Waals surface area (Å²) >= 11 is 0. The second-order valence-electron chi connectivity index (χ2n) is 4.87. The Labute approximate surface area is 125 Å². The molecule has 0 radical (unpaired) electrons. The molecule has 0 saturated heterocycles. The van der Waals surface area contributed by atoms with Crippen LogP contribution in [0, 0.1) is 0 Å². The summed E-state index contributed by atoms with van der Waals surface area (Å²) in [5.74, 6) is 0.524. The van der Waals surface area contributed by atoms with Crippen molar-refractivity contribution in [2.24, 2.45) is 0 Å². The fraction of sp³-hybridized carbons (Fsp3) is 0.312. The first-order valence-electron chi connectivity index (χ1n) is 7.12. The summed E-state index contributed by atoms with van der Waals surface area (Å²) in [5.41, 5.74) is 1.06. The van der Waals surface area contributed by atoms with E-state index < -0.39 is 0 Å². The van der Waals surface area contributed by atoms with Gasteiger partial charge in [-0.05, 0) is 30.7 Å². The maximum atomic E-state index is 12.0. The molecule has 0 spiro atoms. The summed E-state index contributed by atoms with van der Waals surface area (Å²) in [5, 5.41) is 10.9. The number of para-hydroxylation sites is 1. The zero-order valence-electron chi connectivity index (χ0n) is 12.4. The molecule has 2 rings (SSSR count). The second-order valence-corrected chi connectivity index (χ2v) is 4.87. The van der Waals surface area contributed by atoms with Crippen LogP contribution in [0.5, 0.6) is 0 Å². The summed E-state index contributed by atoms with van der Waals surface area (Å²) in [7, 11) is 1.98. The van der Waals surface area contributed by atoms with Gasteiger partial charge in [0.25, 0.3) is 5.91 Å². The van der Waals surface area contributed by atoms with Gasteiger partial charge in [-0.25, -0.2) is 0 Å². The SMILES string of the molecule is CCCCN(C)c1ccc(C(=O)Nc2ccccc2)nn1. The Balaban J connectivity index is 2.00. The van der Waals surface area contributed by atoms with E-state index in [2.05, 4.69) is 22.4 Å². The molecule has 1 aromatic carbocycles. The molecular weight excluding hydrogens is 264 g/mol. The minimum atomic E-state index is -0.253. The molecule has 1 aromatic heterocycles. The van der Waals surface area contributed by atoms with Crippen molar-refractivity contribution in [3.05, 3.63) is 48.2 Å². The summed E-state index contributed by atoms with van der Waals surface area (Å²) < 4.78 is 0. The number of benzene rings is 1. The Morgan fingerprint density at radius 3 is 2.52 bits per heavy atom. The van der Waals surface area contributed by atoms with Crippen LogP contribution in [-0.2, 0) is 0 Å². The molecule has 0 saturated carbocycles. The van der Waals surface area contributed by atoms with Crippen molar-refractivity contribution in [1.82, 2.24) is 10.2 Å². The number of nitrogens with one attached hydrogen (secondary N) is 1. The quantitative estimate of drug-likeness (QED) is 0.886. The van der Waals surface area contributed by atoms with Crippen molar-refractivity contribution in [2.45, 2.75) is 19.8 Å². The average Bonchev–Trinajstić information content (AvgIpc) is 2.53.